The fourth-order valence-corrected chi connectivity index (χ4v) is 3.33. The molecule has 1 aliphatic rings. The number of rotatable bonds is 7. The van der Waals surface area contributed by atoms with E-state index in [-0.39, 0.29) is 18.6 Å². The highest BCUT2D eigenvalue weighted by Crippen LogP contribution is 2.24. The van der Waals surface area contributed by atoms with Gasteiger partial charge in [-0.1, -0.05) is 18.2 Å². The lowest BCUT2D eigenvalue weighted by molar-refractivity contribution is -0.134. The number of piperidine rings is 1. The van der Waals surface area contributed by atoms with Crippen molar-refractivity contribution in [2.45, 2.75) is 38.8 Å². The van der Waals surface area contributed by atoms with E-state index in [0.29, 0.717) is 6.54 Å². The van der Waals surface area contributed by atoms with E-state index in [4.69, 9.17) is 4.74 Å². The number of nitrogens with zero attached hydrogens (tertiary/aromatic N) is 4. The third-order valence-electron chi connectivity index (χ3n) is 5.15. The first-order valence-corrected chi connectivity index (χ1v) is 9.60. The van der Waals surface area contributed by atoms with Gasteiger partial charge in [0.15, 0.2) is 6.61 Å². The van der Waals surface area contributed by atoms with Gasteiger partial charge in [0.2, 0.25) is 0 Å². The van der Waals surface area contributed by atoms with Crippen LogP contribution in [-0.4, -0.2) is 52.4 Å². The molecule has 27 heavy (non-hydrogen) atoms. The van der Waals surface area contributed by atoms with Crippen molar-refractivity contribution in [1.29, 1.82) is 0 Å². The molecule has 1 amide bonds. The molecule has 144 valence electrons. The van der Waals surface area contributed by atoms with E-state index >= 15 is 0 Å². The maximum atomic E-state index is 12.4. The largest absolute Gasteiger partial charge is 0.483 e. The lowest BCUT2D eigenvalue weighted by Gasteiger charge is -2.27. The van der Waals surface area contributed by atoms with Crippen molar-refractivity contribution in [1.82, 2.24) is 19.8 Å². The Morgan fingerprint density at radius 3 is 2.74 bits per heavy atom. The second kappa shape index (κ2) is 9.46. The van der Waals surface area contributed by atoms with Crippen LogP contribution in [0.25, 0.3) is 0 Å². The van der Waals surface area contributed by atoms with E-state index in [1.807, 2.05) is 35.2 Å². The molecule has 1 fully saturated rings. The van der Waals surface area contributed by atoms with Crippen LogP contribution in [0.5, 0.6) is 5.75 Å². The molecule has 0 aliphatic carbocycles. The molecule has 1 aromatic carbocycles. The predicted molar refractivity (Wildman–Crippen MR) is 104 cm³/mol. The van der Waals surface area contributed by atoms with Crippen LogP contribution in [0.1, 0.15) is 43.5 Å². The summed E-state index contributed by atoms with van der Waals surface area (Å²) < 4.78 is 5.90. The third kappa shape index (κ3) is 5.26. The Kier molecular flexibility index (Phi) is 6.76. The van der Waals surface area contributed by atoms with Gasteiger partial charge in [0, 0.05) is 37.4 Å². The van der Waals surface area contributed by atoms with Gasteiger partial charge in [-0.3, -0.25) is 9.69 Å². The fraction of sp³-hybridized carbons (Fsp3) is 0.476. The predicted octanol–water partition coefficient (Wildman–Crippen LogP) is 3.06. The highest BCUT2D eigenvalue weighted by molar-refractivity contribution is 5.77. The van der Waals surface area contributed by atoms with Gasteiger partial charge < -0.3 is 9.64 Å². The molecule has 1 aromatic heterocycles. The maximum Gasteiger partial charge on any atom is 0.260 e. The Labute approximate surface area is 161 Å². The van der Waals surface area contributed by atoms with Gasteiger partial charge in [-0.05, 0) is 45.4 Å². The summed E-state index contributed by atoms with van der Waals surface area (Å²) in [4.78, 5) is 24.8. The minimum absolute atomic E-state index is 0.0761. The first-order valence-electron chi connectivity index (χ1n) is 9.60. The number of likely N-dealkylation sites (tertiary alicyclic amines) is 1. The van der Waals surface area contributed by atoms with Crippen molar-refractivity contribution in [2.75, 3.05) is 26.7 Å². The Morgan fingerprint density at radius 1 is 1.22 bits per heavy atom. The van der Waals surface area contributed by atoms with Crippen LogP contribution < -0.4 is 4.74 Å². The van der Waals surface area contributed by atoms with Gasteiger partial charge in [-0.2, -0.15) is 0 Å². The van der Waals surface area contributed by atoms with Crippen molar-refractivity contribution in [3.05, 3.63) is 54.1 Å². The van der Waals surface area contributed by atoms with E-state index in [9.17, 15) is 4.79 Å². The second-order valence-electron chi connectivity index (χ2n) is 7.06. The molecule has 3 rings (SSSR count). The van der Waals surface area contributed by atoms with Gasteiger partial charge in [-0.15, -0.1) is 0 Å². The molecule has 6 nitrogen and oxygen atoms in total. The Hall–Kier alpha value is -2.47. The minimum Gasteiger partial charge on any atom is -0.483 e. The van der Waals surface area contributed by atoms with Gasteiger partial charge in [0.25, 0.3) is 5.91 Å². The van der Waals surface area contributed by atoms with Gasteiger partial charge in [0.05, 0.1) is 5.69 Å². The van der Waals surface area contributed by atoms with Crippen LogP contribution in [0.15, 0.2) is 42.9 Å². The lowest BCUT2D eigenvalue weighted by Crippen LogP contribution is -2.38. The molecule has 0 saturated carbocycles. The number of aromatic nitrogens is 2. The second-order valence-corrected chi connectivity index (χ2v) is 7.06. The third-order valence-corrected chi connectivity index (χ3v) is 5.15. The first kappa shape index (κ1) is 19.3. The molecular formula is C21H28N4O2. The lowest BCUT2D eigenvalue weighted by atomic mass is 10.1. The van der Waals surface area contributed by atoms with E-state index in [1.165, 1.54) is 6.42 Å². The molecule has 6 heteroatoms. The number of ether oxygens (including phenoxy) is 1. The van der Waals surface area contributed by atoms with Crippen molar-refractivity contribution < 1.29 is 9.53 Å². The standard InChI is InChI=1S/C21H28N4O2/c1-17(19-10-11-22-16-23-19)24(2)14-18-8-4-5-9-20(18)27-15-21(26)25-12-6-3-7-13-25/h4-5,8-11,16-17H,3,6-7,12-15H2,1-2H3/t17-/m1/s1. The Bertz CT molecular complexity index is 732. The van der Waals surface area contributed by atoms with E-state index in [2.05, 4.69) is 28.8 Å². The highest BCUT2D eigenvalue weighted by Gasteiger charge is 2.18. The molecule has 1 aliphatic heterocycles. The van der Waals surface area contributed by atoms with Crippen LogP contribution in [0.4, 0.5) is 0 Å². The van der Waals surface area contributed by atoms with Crippen LogP contribution >= 0.6 is 0 Å². The van der Waals surface area contributed by atoms with Gasteiger partial charge in [0.1, 0.15) is 12.1 Å². The summed E-state index contributed by atoms with van der Waals surface area (Å²) in [5, 5.41) is 0. The summed E-state index contributed by atoms with van der Waals surface area (Å²) in [6.07, 6.45) is 6.73. The normalized spacial score (nSPS) is 15.6. The smallest absolute Gasteiger partial charge is 0.260 e. The number of carbonyl (C=O) groups excluding carboxylic acids is 1. The monoisotopic (exact) mass is 368 g/mol. The molecular weight excluding hydrogens is 340 g/mol. The summed E-state index contributed by atoms with van der Waals surface area (Å²) in [5.41, 5.74) is 2.04. The van der Waals surface area contributed by atoms with Crippen LogP contribution in [0, 0.1) is 0 Å². The maximum absolute atomic E-state index is 12.4. The zero-order chi connectivity index (χ0) is 19.1. The van der Waals surface area contributed by atoms with Crippen LogP contribution in [0.3, 0.4) is 0 Å². The van der Waals surface area contributed by atoms with Crippen LogP contribution in [0.2, 0.25) is 0 Å². The Morgan fingerprint density at radius 2 is 2.00 bits per heavy atom. The minimum atomic E-state index is 0.0761. The molecule has 0 N–H and O–H groups in total. The fourth-order valence-electron chi connectivity index (χ4n) is 3.33. The molecule has 1 saturated heterocycles. The zero-order valence-corrected chi connectivity index (χ0v) is 16.2. The van der Waals surface area contributed by atoms with Crippen LogP contribution in [-0.2, 0) is 11.3 Å². The topological polar surface area (TPSA) is 58.6 Å². The molecule has 0 spiro atoms. The quantitative estimate of drug-likeness (QED) is 0.752. The summed E-state index contributed by atoms with van der Waals surface area (Å²) in [7, 11) is 2.06. The number of hydrogen-bond donors (Lipinski definition) is 0. The van der Waals surface area contributed by atoms with E-state index in [0.717, 1.165) is 42.9 Å². The molecule has 1 atom stereocenters. The first-order chi connectivity index (χ1) is 13.1. The van der Waals surface area contributed by atoms with E-state index < -0.39 is 0 Å². The summed E-state index contributed by atoms with van der Waals surface area (Å²) >= 11 is 0. The number of benzene rings is 1. The highest BCUT2D eigenvalue weighted by atomic mass is 16.5. The average molecular weight is 368 g/mol. The van der Waals surface area contributed by atoms with Crippen molar-refractivity contribution in [2.24, 2.45) is 0 Å². The summed E-state index contributed by atoms with van der Waals surface area (Å²) in [5.74, 6) is 0.844. The van der Waals surface area contributed by atoms with Crippen molar-refractivity contribution in [3.8, 4) is 5.75 Å². The number of hydrogen-bond acceptors (Lipinski definition) is 5. The van der Waals surface area contributed by atoms with Gasteiger partial charge >= 0.3 is 0 Å². The summed E-state index contributed by atoms with van der Waals surface area (Å²) in [6, 6.07) is 10.00. The Balaban J connectivity index is 1.60. The van der Waals surface area contributed by atoms with Gasteiger partial charge in [-0.25, -0.2) is 9.97 Å². The number of carbonyl (C=O) groups is 1. The molecule has 2 heterocycles. The summed E-state index contributed by atoms with van der Waals surface area (Å²) in [6.45, 7) is 4.62. The molecule has 0 bridgehead atoms. The number of amides is 1. The van der Waals surface area contributed by atoms with Crippen molar-refractivity contribution in [3.63, 3.8) is 0 Å². The zero-order valence-electron chi connectivity index (χ0n) is 16.2. The van der Waals surface area contributed by atoms with Crippen molar-refractivity contribution >= 4 is 5.91 Å². The average Bonchev–Trinajstić information content (AvgIpc) is 2.73. The molecule has 0 unspecified atom stereocenters. The molecule has 0 radical (unpaired) electrons. The molecule has 2 aromatic rings. The van der Waals surface area contributed by atoms with E-state index in [1.54, 1.807) is 12.5 Å². The number of para-hydroxylation sites is 1. The SMILES string of the molecule is C[C@H](c1ccncn1)N(C)Cc1ccccc1OCC(=O)N1CCCCC1.